The molecule has 8 rings (SSSR count). The summed E-state index contributed by atoms with van der Waals surface area (Å²) in [6, 6.07) is 9.10. The number of anilines is 2. The first-order valence-electron chi connectivity index (χ1n) is 24.1. The van der Waals surface area contributed by atoms with Gasteiger partial charge in [-0.15, -0.1) is 0 Å². The van der Waals surface area contributed by atoms with Crippen LogP contribution in [0.2, 0.25) is 0 Å². The smallest absolute Gasteiger partial charge is 0.416 e. The van der Waals surface area contributed by atoms with Gasteiger partial charge in [-0.25, -0.2) is 23.9 Å². The fraction of sp³-hybridized carbons (Fsp3) is 0.510. The van der Waals surface area contributed by atoms with E-state index in [2.05, 4.69) is 20.6 Å². The normalized spacial score (nSPS) is 20.1. The molecule has 4 heterocycles. The number of benzene rings is 3. The summed E-state index contributed by atoms with van der Waals surface area (Å²) in [6.07, 6.45) is 2.55. The number of carboxylic acid groups (broad SMARTS) is 1. The molecule has 1 aromatic heterocycles. The zero-order valence-electron chi connectivity index (χ0n) is 39.6. The van der Waals surface area contributed by atoms with Crippen LogP contribution >= 0.6 is 0 Å². The number of imide groups is 1. The van der Waals surface area contributed by atoms with Gasteiger partial charge in [0.05, 0.1) is 35.5 Å². The van der Waals surface area contributed by atoms with Gasteiger partial charge in [0.2, 0.25) is 11.8 Å². The zero-order chi connectivity index (χ0) is 49.9. The van der Waals surface area contributed by atoms with Gasteiger partial charge in [0.25, 0.3) is 5.91 Å². The number of fused-ring (bicyclic) bond motifs is 1. The highest BCUT2D eigenvalue weighted by atomic mass is 19.4. The van der Waals surface area contributed by atoms with Crippen molar-refractivity contribution in [3.8, 4) is 5.75 Å². The second-order valence-electron chi connectivity index (χ2n) is 19.1. The van der Waals surface area contributed by atoms with E-state index in [1.807, 2.05) is 17.0 Å². The first-order chi connectivity index (χ1) is 33.4. The molecule has 0 radical (unpaired) electrons. The highest BCUT2D eigenvalue weighted by molar-refractivity contribution is 6.06. The van der Waals surface area contributed by atoms with E-state index in [-0.39, 0.29) is 53.4 Å². The van der Waals surface area contributed by atoms with Gasteiger partial charge >= 0.3 is 18.2 Å². The van der Waals surface area contributed by atoms with E-state index in [9.17, 15) is 46.6 Å². The van der Waals surface area contributed by atoms with Crippen LogP contribution in [-0.4, -0.2) is 108 Å². The van der Waals surface area contributed by atoms with Crippen LogP contribution in [-0.2, 0) is 20.5 Å². The number of likely N-dealkylation sites (tertiary alicyclic amines) is 2. The fourth-order valence-corrected chi connectivity index (χ4v) is 10.4. The lowest BCUT2D eigenvalue weighted by molar-refractivity contribution is -0.138. The van der Waals surface area contributed by atoms with E-state index in [4.69, 9.17) is 9.47 Å². The number of alkyl halides is 3. The number of hydrogen-bond acceptors (Lipinski definition) is 10. The molecule has 3 saturated heterocycles. The molecule has 3 N–H and O–H groups in total. The summed E-state index contributed by atoms with van der Waals surface area (Å²) in [6.45, 7) is 7.11. The molecule has 1 saturated carbocycles. The van der Waals surface area contributed by atoms with Crippen molar-refractivity contribution in [2.75, 3.05) is 63.3 Å². The largest absolute Gasteiger partial charge is 0.496 e. The summed E-state index contributed by atoms with van der Waals surface area (Å²) in [5, 5.41) is 15.6. The molecule has 3 aromatic carbocycles. The monoisotopic (exact) mass is 973 g/mol. The van der Waals surface area contributed by atoms with Crippen molar-refractivity contribution in [3.05, 3.63) is 88.0 Å². The maximum absolute atomic E-state index is 14.7. The second-order valence-corrected chi connectivity index (χ2v) is 19.1. The Balaban J connectivity index is 0.780. The maximum Gasteiger partial charge on any atom is 0.416 e. The summed E-state index contributed by atoms with van der Waals surface area (Å²) >= 11 is 0. The van der Waals surface area contributed by atoms with Crippen molar-refractivity contribution >= 4 is 52.1 Å². The number of carboxylic acids is 1. The lowest BCUT2D eigenvalue weighted by Crippen LogP contribution is -2.50. The van der Waals surface area contributed by atoms with Crippen LogP contribution in [0.15, 0.2) is 48.5 Å². The van der Waals surface area contributed by atoms with Gasteiger partial charge < -0.3 is 29.7 Å². The Labute approximate surface area is 403 Å². The molecule has 0 spiro atoms. The van der Waals surface area contributed by atoms with Crippen LogP contribution in [0.1, 0.15) is 126 Å². The standard InChI is InChI=1S/C51H59F4N7O8/c1-29(36-22-37(49(66)67)24-38(23-36)51(53,54)55)56-46-40-26-39(44(69-3)27-42(40)57-30(2)58-46)33-4-6-34(7-5-33)47(64)60-16-10-31(11-17-60)15-21-70-28-32-12-18-61(19-13-32)48(65)35-8-9-41(52)43(25-35)62-20-14-45(63)59-50(62)68/h8-9,22-27,29,31-34H,4-7,10-21,28H2,1-3H3,(H,66,67)(H,56,57,58)(H,59,63,68)/t29-,33?,34?/m1/s1. The molecule has 0 unspecified atom stereocenters. The molecule has 15 nitrogen and oxygen atoms in total. The number of rotatable bonds is 14. The van der Waals surface area contributed by atoms with Crippen molar-refractivity contribution in [3.63, 3.8) is 0 Å². The van der Waals surface area contributed by atoms with Gasteiger partial charge in [-0.3, -0.25) is 24.6 Å². The molecule has 5 amide bonds. The highest BCUT2D eigenvalue weighted by Crippen LogP contribution is 2.43. The van der Waals surface area contributed by atoms with Crippen molar-refractivity contribution in [2.45, 2.75) is 96.2 Å². The average molecular weight is 974 g/mol. The van der Waals surface area contributed by atoms with Crippen LogP contribution in [0.3, 0.4) is 0 Å². The third-order valence-corrected chi connectivity index (χ3v) is 14.4. The number of carbonyl (C=O) groups excluding carboxylic acids is 4. The first kappa shape index (κ1) is 50.0. The van der Waals surface area contributed by atoms with Crippen molar-refractivity contribution in [1.82, 2.24) is 25.1 Å². The summed E-state index contributed by atoms with van der Waals surface area (Å²) in [5.41, 5.74) is 0.384. The molecule has 70 heavy (non-hydrogen) atoms. The van der Waals surface area contributed by atoms with Gasteiger partial charge in [0.15, 0.2) is 0 Å². The number of aromatic carboxylic acids is 1. The predicted molar refractivity (Wildman–Crippen MR) is 251 cm³/mol. The van der Waals surface area contributed by atoms with E-state index in [1.54, 1.807) is 25.9 Å². The Bertz CT molecular complexity index is 2620. The zero-order valence-corrected chi connectivity index (χ0v) is 39.6. The number of amides is 5. The number of ether oxygens (including phenoxy) is 2. The summed E-state index contributed by atoms with van der Waals surface area (Å²) in [4.78, 5) is 76.9. The predicted octanol–water partition coefficient (Wildman–Crippen LogP) is 8.89. The summed E-state index contributed by atoms with van der Waals surface area (Å²) < 4.78 is 67.9. The number of aromatic nitrogens is 2. The van der Waals surface area contributed by atoms with E-state index in [0.717, 1.165) is 74.3 Å². The molecule has 19 heteroatoms. The van der Waals surface area contributed by atoms with Gasteiger partial charge in [-0.1, -0.05) is 0 Å². The number of nitrogens with one attached hydrogen (secondary N) is 2. The van der Waals surface area contributed by atoms with Crippen LogP contribution in [0.4, 0.5) is 33.9 Å². The van der Waals surface area contributed by atoms with Crippen LogP contribution in [0.5, 0.6) is 5.75 Å². The molecular formula is C51H59F4N7O8. The van der Waals surface area contributed by atoms with Crippen LogP contribution in [0, 0.1) is 30.5 Å². The number of piperidine rings is 2. The topological polar surface area (TPSA) is 184 Å². The number of hydrogen-bond donors (Lipinski definition) is 3. The molecular weight excluding hydrogens is 915 g/mol. The first-order valence-corrected chi connectivity index (χ1v) is 24.1. The van der Waals surface area contributed by atoms with Gasteiger partial charge in [0, 0.05) is 75.3 Å². The molecule has 4 aliphatic rings. The Morgan fingerprint density at radius 1 is 0.871 bits per heavy atom. The molecule has 1 atom stereocenters. The molecule has 4 aromatic rings. The quantitative estimate of drug-likeness (QED) is 0.0810. The third-order valence-electron chi connectivity index (χ3n) is 14.4. The van der Waals surface area contributed by atoms with E-state index in [0.29, 0.717) is 85.6 Å². The van der Waals surface area contributed by atoms with E-state index >= 15 is 0 Å². The van der Waals surface area contributed by atoms with E-state index < -0.39 is 47.1 Å². The minimum Gasteiger partial charge on any atom is -0.496 e. The van der Waals surface area contributed by atoms with Crippen molar-refractivity contribution in [2.24, 2.45) is 17.8 Å². The number of nitrogens with zero attached hydrogens (tertiary/aromatic N) is 5. The average Bonchev–Trinajstić information content (AvgIpc) is 3.34. The van der Waals surface area contributed by atoms with Gasteiger partial charge in [-0.05, 0) is 143 Å². The minimum absolute atomic E-state index is 0.0335. The van der Waals surface area contributed by atoms with Crippen LogP contribution < -0.4 is 20.3 Å². The fourth-order valence-electron chi connectivity index (χ4n) is 10.4. The van der Waals surface area contributed by atoms with Crippen molar-refractivity contribution < 1.29 is 56.1 Å². The Morgan fingerprint density at radius 3 is 2.24 bits per heavy atom. The molecule has 0 bridgehead atoms. The highest BCUT2D eigenvalue weighted by Gasteiger charge is 2.35. The number of aryl methyl sites for hydroxylation is 1. The molecule has 1 aliphatic carbocycles. The lowest BCUT2D eigenvalue weighted by Gasteiger charge is -2.36. The van der Waals surface area contributed by atoms with E-state index in [1.165, 1.54) is 24.3 Å². The Morgan fingerprint density at radius 2 is 1.57 bits per heavy atom. The molecule has 374 valence electrons. The molecule has 4 fully saturated rings. The summed E-state index contributed by atoms with van der Waals surface area (Å²) in [7, 11) is 1.59. The summed E-state index contributed by atoms with van der Waals surface area (Å²) in [5.74, 6) is -0.334. The maximum atomic E-state index is 14.7. The third kappa shape index (κ3) is 11.5. The van der Waals surface area contributed by atoms with Crippen molar-refractivity contribution in [1.29, 1.82) is 0 Å². The number of halogens is 4. The Hall–Kier alpha value is -6.37. The van der Waals surface area contributed by atoms with Crippen LogP contribution in [0.25, 0.3) is 10.9 Å². The molecule has 3 aliphatic heterocycles. The Kier molecular flexibility index (Phi) is 15.2. The van der Waals surface area contributed by atoms with Gasteiger partial charge in [0.1, 0.15) is 23.2 Å². The second kappa shape index (κ2) is 21.3. The number of carbonyl (C=O) groups is 5. The SMILES string of the molecule is COc1cc2nc(C)nc(N[C@H](C)c3cc(C(=O)O)cc(C(F)(F)F)c3)c2cc1C1CCC(C(=O)N2CCC(CCOCC3CCN(C(=O)c4ccc(F)c(N5CCC(=O)NC5=O)c4)CC3)CC2)CC1. The number of methoxy groups -OCH3 is 1. The minimum atomic E-state index is -4.73. The lowest BCUT2D eigenvalue weighted by atomic mass is 9.77. The number of urea groups is 1. The van der Waals surface area contributed by atoms with Gasteiger partial charge in [-0.2, -0.15) is 13.2 Å².